The van der Waals surface area contributed by atoms with Gasteiger partial charge in [0.2, 0.25) is 0 Å². The van der Waals surface area contributed by atoms with Crippen LogP contribution in [0.1, 0.15) is 39.0 Å². The highest BCUT2D eigenvalue weighted by molar-refractivity contribution is 5.83. The molecule has 6 heteroatoms. The molecular weight excluding hydrogens is 384 g/mol. The van der Waals surface area contributed by atoms with E-state index in [1.54, 1.807) is 36.4 Å². The van der Waals surface area contributed by atoms with Crippen LogP contribution in [0.5, 0.6) is 5.75 Å². The van der Waals surface area contributed by atoms with E-state index in [1.165, 1.54) is 7.11 Å². The molecule has 2 rings (SSSR count). The molecule has 1 fully saturated rings. The Bertz CT molecular complexity index is 778. The van der Waals surface area contributed by atoms with Crippen molar-refractivity contribution in [3.8, 4) is 5.75 Å². The number of allylic oxidation sites excluding steroid dienone is 2. The van der Waals surface area contributed by atoms with E-state index in [0.29, 0.717) is 18.6 Å². The Morgan fingerprint density at radius 3 is 2.73 bits per heavy atom. The van der Waals surface area contributed by atoms with Crippen molar-refractivity contribution in [3.05, 3.63) is 60.4 Å². The SMILES string of the molecule is CC/C=C/[C@H]1CCC(=O)[C@@H]1CC=C=CCC(OC[16OH])(Oc1ccccc1)C(=O)OC. The van der Waals surface area contributed by atoms with E-state index in [2.05, 4.69) is 24.8 Å². The number of carbonyl (C=O) groups is 2. The molecule has 0 aromatic heterocycles. The van der Waals surface area contributed by atoms with E-state index in [0.717, 1.165) is 12.8 Å². The van der Waals surface area contributed by atoms with Crippen LogP contribution in [-0.4, -0.2) is 36.5 Å². The fraction of sp³-hybridized carbons (Fsp3) is 0.458. The first-order chi connectivity index (χ1) is 14.6. The molecule has 3 atom stereocenters. The maximum atomic E-state index is 12.4. The van der Waals surface area contributed by atoms with Crippen LogP contribution in [0.25, 0.3) is 0 Å². The number of aliphatic hydroxyl groups excluding tert-OH is 1. The van der Waals surface area contributed by atoms with Crippen LogP contribution in [-0.2, 0) is 19.1 Å². The van der Waals surface area contributed by atoms with Gasteiger partial charge in [0.05, 0.1) is 13.5 Å². The van der Waals surface area contributed by atoms with Gasteiger partial charge in [-0.1, -0.05) is 37.3 Å². The predicted molar refractivity (Wildman–Crippen MR) is 113 cm³/mol. The van der Waals surface area contributed by atoms with Crippen LogP contribution in [0.3, 0.4) is 0 Å². The minimum Gasteiger partial charge on any atom is -0.464 e. The van der Waals surface area contributed by atoms with Crippen molar-refractivity contribution < 1.29 is 28.9 Å². The Kier molecular flexibility index (Phi) is 9.55. The average molecular weight is 414 g/mol. The number of hydrogen-bond acceptors (Lipinski definition) is 6. The number of benzene rings is 1. The molecule has 6 nitrogen and oxygen atoms in total. The molecule has 0 bridgehead atoms. The van der Waals surface area contributed by atoms with Crippen LogP contribution in [0.15, 0.2) is 60.4 Å². The maximum absolute atomic E-state index is 12.4. The summed E-state index contributed by atoms with van der Waals surface area (Å²) in [7, 11) is 1.22. The molecule has 1 aromatic rings. The highest BCUT2D eigenvalue weighted by atomic mass is 16.8. The van der Waals surface area contributed by atoms with Crippen molar-refractivity contribution in [2.24, 2.45) is 11.8 Å². The van der Waals surface area contributed by atoms with Gasteiger partial charge in [0, 0.05) is 12.3 Å². The fourth-order valence-electron chi connectivity index (χ4n) is 3.51. The predicted octanol–water partition coefficient (Wildman–Crippen LogP) is 3.95. The minimum absolute atomic E-state index is 0.0244. The molecule has 0 saturated heterocycles. The number of rotatable bonds is 11. The number of aliphatic hydroxyl groups is 1. The van der Waals surface area contributed by atoms with Crippen molar-refractivity contribution in [1.29, 1.82) is 0 Å². The first-order valence-electron chi connectivity index (χ1n) is 10.2. The zero-order chi connectivity index (χ0) is 21.8. The second-order valence-electron chi connectivity index (χ2n) is 7.06. The van der Waals surface area contributed by atoms with Gasteiger partial charge in [-0.3, -0.25) is 4.79 Å². The van der Waals surface area contributed by atoms with Crippen LogP contribution in [0, 0.1) is 11.8 Å². The van der Waals surface area contributed by atoms with Crippen molar-refractivity contribution in [3.63, 3.8) is 0 Å². The number of ketones is 1. The first kappa shape index (κ1) is 23.6. The lowest BCUT2D eigenvalue weighted by Crippen LogP contribution is -2.48. The molecule has 1 N–H and O–H groups in total. The molecule has 1 aromatic carbocycles. The molecule has 1 aliphatic carbocycles. The van der Waals surface area contributed by atoms with E-state index < -0.39 is 18.5 Å². The zero-order valence-corrected chi connectivity index (χ0v) is 17.6. The lowest BCUT2D eigenvalue weighted by molar-refractivity contribution is -0.233. The zero-order valence-electron chi connectivity index (χ0n) is 17.6. The number of para-hydroxylation sites is 1. The van der Waals surface area contributed by atoms with Gasteiger partial charge in [-0.25, -0.2) is 4.79 Å². The van der Waals surface area contributed by atoms with Gasteiger partial charge in [-0.15, -0.1) is 5.73 Å². The third-order valence-electron chi connectivity index (χ3n) is 5.07. The number of ether oxygens (including phenoxy) is 3. The largest absolute Gasteiger partial charge is 0.464 e. The molecule has 162 valence electrons. The highest BCUT2D eigenvalue weighted by Gasteiger charge is 2.43. The van der Waals surface area contributed by atoms with E-state index in [4.69, 9.17) is 14.2 Å². The van der Waals surface area contributed by atoms with Gasteiger partial charge in [0.25, 0.3) is 0 Å². The molecule has 0 heterocycles. The molecule has 0 radical (unpaired) electrons. The smallest absolute Gasteiger partial charge is 0.379 e. The fourth-order valence-corrected chi connectivity index (χ4v) is 3.51. The normalized spacial score (nSPS) is 20.4. The molecule has 0 amide bonds. The average Bonchev–Trinajstić information content (AvgIpc) is 3.11. The third kappa shape index (κ3) is 6.42. The molecule has 1 unspecified atom stereocenters. The van der Waals surface area contributed by atoms with Crippen molar-refractivity contribution in [2.75, 3.05) is 13.9 Å². The minimum atomic E-state index is -1.83. The molecule has 1 aliphatic rings. The Labute approximate surface area is 177 Å². The summed E-state index contributed by atoms with van der Waals surface area (Å²) in [6.45, 7) is 1.35. The van der Waals surface area contributed by atoms with Gasteiger partial charge in [0.15, 0.2) is 0 Å². The lowest BCUT2D eigenvalue weighted by atomic mass is 9.92. The molecule has 1 saturated carbocycles. The van der Waals surface area contributed by atoms with Gasteiger partial charge >= 0.3 is 11.8 Å². The standard InChI is InChI=1S/C24H30O6/c1-3-4-11-19-15-16-22(26)21(19)14-9-6-10-17-24(29-18-25,23(27)28-2)30-20-12-7-5-8-13-20/h4-5,7-13,19,21,25H,3,14-18H2,1-2H3/b11-4+/t6?,19-,21+,24?/m0/s1/i25+0. The first-order valence-corrected chi connectivity index (χ1v) is 10.2. The summed E-state index contributed by atoms with van der Waals surface area (Å²) in [4.78, 5) is 24.6. The molecule has 0 spiro atoms. The Morgan fingerprint density at radius 1 is 1.30 bits per heavy atom. The lowest BCUT2D eigenvalue weighted by Gasteiger charge is -2.29. The number of esters is 1. The summed E-state index contributed by atoms with van der Waals surface area (Å²) in [5.41, 5.74) is 3.01. The van der Waals surface area contributed by atoms with Crippen LogP contribution in [0.2, 0.25) is 0 Å². The summed E-state index contributed by atoms with van der Waals surface area (Å²) < 4.78 is 15.8. The van der Waals surface area contributed by atoms with Gasteiger partial charge in [0.1, 0.15) is 18.3 Å². The topological polar surface area (TPSA) is 82.1 Å². The number of hydrogen-bond donors (Lipinski definition) is 1. The van der Waals surface area contributed by atoms with Crippen molar-refractivity contribution in [1.82, 2.24) is 0 Å². The van der Waals surface area contributed by atoms with Gasteiger partial charge in [-0.2, -0.15) is 0 Å². The maximum Gasteiger partial charge on any atom is 0.379 e. The van der Waals surface area contributed by atoms with Crippen molar-refractivity contribution >= 4 is 11.8 Å². The summed E-state index contributed by atoms with van der Waals surface area (Å²) in [5, 5.41) is 9.30. The Morgan fingerprint density at radius 2 is 2.07 bits per heavy atom. The van der Waals surface area contributed by atoms with Crippen LogP contribution in [0.4, 0.5) is 0 Å². The van der Waals surface area contributed by atoms with Crippen LogP contribution < -0.4 is 4.74 Å². The highest BCUT2D eigenvalue weighted by Crippen LogP contribution is 2.32. The summed E-state index contributed by atoms with van der Waals surface area (Å²) in [6.07, 6.45) is 10.6. The quantitative estimate of drug-likeness (QED) is 0.256. The van der Waals surface area contributed by atoms with E-state index >= 15 is 0 Å². The van der Waals surface area contributed by atoms with E-state index in [1.807, 2.05) is 6.07 Å². The monoisotopic (exact) mass is 414 g/mol. The second kappa shape index (κ2) is 12.1. The van der Waals surface area contributed by atoms with E-state index in [-0.39, 0.29) is 24.0 Å². The van der Waals surface area contributed by atoms with E-state index in [9.17, 15) is 14.7 Å². The van der Waals surface area contributed by atoms with Gasteiger partial charge in [-0.05, 0) is 49.5 Å². The van der Waals surface area contributed by atoms with Crippen molar-refractivity contribution in [2.45, 2.75) is 44.8 Å². The summed E-state index contributed by atoms with van der Waals surface area (Å²) in [6, 6.07) is 8.68. The van der Waals surface area contributed by atoms with Crippen LogP contribution >= 0.6 is 0 Å². The number of Topliss-reactive ketones (excluding diaryl/α,β-unsaturated/α-hetero) is 1. The molecule has 30 heavy (non-hydrogen) atoms. The molecule has 0 aliphatic heterocycles. The second-order valence-corrected chi connectivity index (χ2v) is 7.06. The third-order valence-corrected chi connectivity index (χ3v) is 5.07. The molecular formula is C24H30O6. The van der Waals surface area contributed by atoms with Gasteiger partial charge < -0.3 is 19.3 Å². The summed E-state index contributed by atoms with van der Waals surface area (Å²) in [5.74, 6) is -1.69. The summed E-state index contributed by atoms with van der Waals surface area (Å²) >= 11 is 0. The number of methoxy groups -OCH3 is 1. The Balaban J connectivity index is 2.11. The number of carbonyl (C=O) groups excluding carboxylic acids is 2. The Hall–Kier alpha value is -2.66.